The van der Waals surface area contributed by atoms with Crippen LogP contribution in [0.25, 0.3) is 10.9 Å². The molecule has 1 aromatic carbocycles. The Morgan fingerprint density at radius 1 is 1.42 bits per heavy atom. The summed E-state index contributed by atoms with van der Waals surface area (Å²) in [7, 11) is 0. The summed E-state index contributed by atoms with van der Waals surface area (Å²) in [6.45, 7) is 3.92. The van der Waals surface area contributed by atoms with Gasteiger partial charge < -0.3 is 5.32 Å². The van der Waals surface area contributed by atoms with Gasteiger partial charge in [0.2, 0.25) is 0 Å². The molecule has 0 saturated carbocycles. The van der Waals surface area contributed by atoms with Crippen LogP contribution in [0.2, 0.25) is 0 Å². The van der Waals surface area contributed by atoms with Gasteiger partial charge in [-0.15, -0.1) is 0 Å². The SMILES string of the molecule is Cc1cc(C(=O)NC(C)CCBr)c2ccccc2n1. The summed E-state index contributed by atoms with van der Waals surface area (Å²) >= 11 is 3.39. The average molecular weight is 321 g/mol. The first-order valence-electron chi connectivity index (χ1n) is 6.35. The number of nitrogens with one attached hydrogen (secondary N) is 1. The number of carbonyl (C=O) groups excluding carboxylic acids is 1. The molecule has 100 valence electrons. The van der Waals surface area contributed by atoms with Crippen LogP contribution in [0.4, 0.5) is 0 Å². The molecule has 4 heteroatoms. The predicted molar refractivity (Wildman–Crippen MR) is 81.8 cm³/mol. The minimum Gasteiger partial charge on any atom is -0.350 e. The Kier molecular flexibility index (Phi) is 4.53. The van der Waals surface area contributed by atoms with Gasteiger partial charge in [-0.05, 0) is 32.4 Å². The average Bonchev–Trinajstić information content (AvgIpc) is 2.37. The number of pyridine rings is 1. The van der Waals surface area contributed by atoms with E-state index in [1.165, 1.54) is 0 Å². The van der Waals surface area contributed by atoms with Crippen LogP contribution in [0.15, 0.2) is 30.3 Å². The molecule has 2 aromatic rings. The summed E-state index contributed by atoms with van der Waals surface area (Å²) in [4.78, 5) is 16.8. The molecule has 0 spiro atoms. The first-order chi connectivity index (χ1) is 9.11. The van der Waals surface area contributed by atoms with Gasteiger partial charge in [0, 0.05) is 22.5 Å². The minimum atomic E-state index is -0.0323. The number of alkyl halides is 1. The number of para-hydroxylation sites is 1. The summed E-state index contributed by atoms with van der Waals surface area (Å²) < 4.78 is 0. The molecule has 1 N–H and O–H groups in total. The van der Waals surface area contributed by atoms with Crippen molar-refractivity contribution in [2.45, 2.75) is 26.3 Å². The summed E-state index contributed by atoms with van der Waals surface area (Å²) in [6, 6.07) is 9.73. The highest BCUT2D eigenvalue weighted by atomic mass is 79.9. The molecule has 0 aliphatic rings. The zero-order chi connectivity index (χ0) is 13.8. The number of halogens is 1. The third-order valence-corrected chi connectivity index (χ3v) is 3.47. The smallest absolute Gasteiger partial charge is 0.252 e. The second-order valence-corrected chi connectivity index (χ2v) is 5.47. The highest BCUT2D eigenvalue weighted by Gasteiger charge is 2.13. The molecule has 19 heavy (non-hydrogen) atoms. The van der Waals surface area contributed by atoms with Gasteiger partial charge in [0.25, 0.3) is 5.91 Å². The number of aromatic nitrogens is 1. The van der Waals surface area contributed by atoms with E-state index in [1.807, 2.05) is 44.2 Å². The molecule has 1 atom stereocenters. The molecule has 1 heterocycles. The van der Waals surface area contributed by atoms with Crippen LogP contribution in [0.3, 0.4) is 0 Å². The number of hydrogen-bond donors (Lipinski definition) is 1. The third-order valence-electron chi connectivity index (χ3n) is 3.01. The van der Waals surface area contributed by atoms with Crippen LogP contribution in [-0.2, 0) is 0 Å². The van der Waals surface area contributed by atoms with E-state index in [0.717, 1.165) is 28.3 Å². The van der Waals surface area contributed by atoms with Gasteiger partial charge in [-0.1, -0.05) is 34.1 Å². The number of benzene rings is 1. The van der Waals surface area contributed by atoms with Crippen LogP contribution in [0.5, 0.6) is 0 Å². The number of amides is 1. The number of nitrogens with zero attached hydrogens (tertiary/aromatic N) is 1. The summed E-state index contributed by atoms with van der Waals surface area (Å²) in [5.41, 5.74) is 2.42. The molecule has 1 amide bonds. The van der Waals surface area contributed by atoms with Crippen molar-refractivity contribution in [3.8, 4) is 0 Å². The van der Waals surface area contributed by atoms with Crippen molar-refractivity contribution in [3.05, 3.63) is 41.6 Å². The highest BCUT2D eigenvalue weighted by molar-refractivity contribution is 9.09. The maximum absolute atomic E-state index is 12.3. The standard InChI is InChI=1S/C15H17BrN2O/c1-10(7-8-16)18-15(19)13-9-11(2)17-14-6-4-3-5-12(13)14/h3-6,9-10H,7-8H2,1-2H3,(H,18,19). The third kappa shape index (κ3) is 3.32. The lowest BCUT2D eigenvalue weighted by atomic mass is 10.1. The Bertz CT molecular complexity index is 598. The molecule has 2 rings (SSSR count). The fraction of sp³-hybridized carbons (Fsp3) is 0.333. The number of carbonyl (C=O) groups is 1. The summed E-state index contributed by atoms with van der Waals surface area (Å²) in [5, 5.41) is 4.80. The van der Waals surface area contributed by atoms with E-state index in [4.69, 9.17) is 0 Å². The monoisotopic (exact) mass is 320 g/mol. The minimum absolute atomic E-state index is 0.0323. The number of rotatable bonds is 4. The van der Waals surface area contributed by atoms with Gasteiger partial charge in [0.15, 0.2) is 0 Å². The van der Waals surface area contributed by atoms with E-state index >= 15 is 0 Å². The maximum atomic E-state index is 12.3. The normalized spacial score (nSPS) is 12.4. The van der Waals surface area contributed by atoms with Crippen LogP contribution < -0.4 is 5.32 Å². The van der Waals surface area contributed by atoms with Crippen molar-refractivity contribution in [3.63, 3.8) is 0 Å². The molecule has 1 aromatic heterocycles. The lowest BCUT2D eigenvalue weighted by Gasteiger charge is -2.14. The van der Waals surface area contributed by atoms with Gasteiger partial charge >= 0.3 is 0 Å². The Hall–Kier alpha value is -1.42. The Morgan fingerprint density at radius 3 is 2.89 bits per heavy atom. The molecule has 0 aliphatic carbocycles. The van der Waals surface area contributed by atoms with Crippen LogP contribution in [-0.4, -0.2) is 22.3 Å². The van der Waals surface area contributed by atoms with Crippen LogP contribution in [0.1, 0.15) is 29.4 Å². The first-order valence-corrected chi connectivity index (χ1v) is 7.47. The molecule has 3 nitrogen and oxygen atoms in total. The van der Waals surface area contributed by atoms with Crippen LogP contribution in [0, 0.1) is 6.92 Å². The molecule has 0 bridgehead atoms. The van der Waals surface area contributed by atoms with Crippen molar-refractivity contribution in [1.82, 2.24) is 10.3 Å². The van der Waals surface area contributed by atoms with E-state index in [1.54, 1.807) is 0 Å². The molecular formula is C15H17BrN2O. The summed E-state index contributed by atoms with van der Waals surface area (Å²) in [6.07, 6.45) is 0.910. The van der Waals surface area contributed by atoms with E-state index in [9.17, 15) is 4.79 Å². The number of aryl methyl sites for hydroxylation is 1. The van der Waals surface area contributed by atoms with Gasteiger partial charge in [-0.3, -0.25) is 9.78 Å². The molecular weight excluding hydrogens is 304 g/mol. The molecule has 0 aliphatic heterocycles. The number of hydrogen-bond acceptors (Lipinski definition) is 2. The second-order valence-electron chi connectivity index (χ2n) is 4.68. The Morgan fingerprint density at radius 2 is 2.16 bits per heavy atom. The van der Waals surface area contributed by atoms with Gasteiger partial charge in [0.05, 0.1) is 11.1 Å². The molecule has 1 unspecified atom stereocenters. The van der Waals surface area contributed by atoms with Crippen molar-refractivity contribution in [1.29, 1.82) is 0 Å². The fourth-order valence-corrected chi connectivity index (χ4v) is 2.72. The second kappa shape index (κ2) is 6.15. The largest absolute Gasteiger partial charge is 0.350 e. The maximum Gasteiger partial charge on any atom is 0.252 e. The molecule has 0 fully saturated rings. The Balaban J connectivity index is 2.36. The summed E-state index contributed by atoms with van der Waals surface area (Å²) in [5.74, 6) is -0.0323. The lowest BCUT2D eigenvalue weighted by Crippen LogP contribution is -2.33. The van der Waals surface area contributed by atoms with Crippen molar-refractivity contribution in [2.24, 2.45) is 0 Å². The van der Waals surface area contributed by atoms with Gasteiger partial charge in [0.1, 0.15) is 0 Å². The van der Waals surface area contributed by atoms with Crippen molar-refractivity contribution < 1.29 is 4.79 Å². The predicted octanol–water partition coefficient (Wildman–Crippen LogP) is 3.45. The quantitative estimate of drug-likeness (QED) is 0.877. The topological polar surface area (TPSA) is 42.0 Å². The number of fused-ring (bicyclic) bond motifs is 1. The van der Waals surface area contributed by atoms with E-state index in [-0.39, 0.29) is 11.9 Å². The van der Waals surface area contributed by atoms with Gasteiger partial charge in [-0.25, -0.2) is 0 Å². The lowest BCUT2D eigenvalue weighted by molar-refractivity contribution is 0.0941. The van der Waals surface area contributed by atoms with Crippen LogP contribution >= 0.6 is 15.9 Å². The molecule has 0 saturated heterocycles. The fourth-order valence-electron chi connectivity index (χ4n) is 2.03. The Labute approximate surface area is 121 Å². The van der Waals surface area contributed by atoms with E-state index in [0.29, 0.717) is 5.56 Å². The van der Waals surface area contributed by atoms with E-state index in [2.05, 4.69) is 26.2 Å². The van der Waals surface area contributed by atoms with Crippen molar-refractivity contribution >= 4 is 32.7 Å². The highest BCUT2D eigenvalue weighted by Crippen LogP contribution is 2.18. The van der Waals surface area contributed by atoms with E-state index < -0.39 is 0 Å². The zero-order valence-electron chi connectivity index (χ0n) is 11.1. The first kappa shape index (κ1) is 14.0. The van der Waals surface area contributed by atoms with Gasteiger partial charge in [-0.2, -0.15) is 0 Å². The van der Waals surface area contributed by atoms with Crippen molar-refractivity contribution in [2.75, 3.05) is 5.33 Å². The zero-order valence-corrected chi connectivity index (χ0v) is 12.7. The molecule has 0 radical (unpaired) electrons.